The molecule has 0 bridgehead atoms. The van der Waals surface area contributed by atoms with Gasteiger partial charge in [-0.3, -0.25) is 0 Å². The van der Waals surface area contributed by atoms with Gasteiger partial charge in [0.05, 0.1) is 18.3 Å². The third-order valence-corrected chi connectivity index (χ3v) is 3.21. The Balaban J connectivity index is 2.40. The van der Waals surface area contributed by atoms with Crippen LogP contribution in [-0.2, 0) is 16.5 Å². The minimum Gasteiger partial charge on any atom is -0.382 e. The van der Waals surface area contributed by atoms with E-state index in [1.54, 1.807) is 6.92 Å². The normalized spacial score (nSPS) is 29.6. The molecule has 5 heteroatoms. The predicted molar refractivity (Wildman–Crippen MR) is 55.4 cm³/mol. The van der Waals surface area contributed by atoms with Gasteiger partial charge >= 0.3 is 6.18 Å². The van der Waals surface area contributed by atoms with Crippen LogP contribution in [-0.4, -0.2) is 17.8 Å². The zero-order valence-electron chi connectivity index (χ0n) is 9.29. The van der Waals surface area contributed by atoms with Crippen molar-refractivity contribution < 1.29 is 23.0 Å². The second-order valence-electron chi connectivity index (χ2n) is 4.27. The number of aliphatic hydroxyl groups is 1. The molecule has 1 N–H and O–H groups in total. The van der Waals surface area contributed by atoms with Crippen molar-refractivity contribution in [1.82, 2.24) is 0 Å². The molecule has 94 valence electrons. The van der Waals surface area contributed by atoms with E-state index in [2.05, 4.69) is 0 Å². The molecule has 0 amide bonds. The highest BCUT2D eigenvalue weighted by Crippen LogP contribution is 2.38. The quantitative estimate of drug-likeness (QED) is 0.825. The van der Waals surface area contributed by atoms with Crippen LogP contribution >= 0.6 is 0 Å². The summed E-state index contributed by atoms with van der Waals surface area (Å²) in [6.07, 6.45) is -4.57. The molecule has 17 heavy (non-hydrogen) atoms. The Labute approximate surface area is 97.0 Å². The Morgan fingerprint density at radius 3 is 2.65 bits per heavy atom. The molecule has 0 saturated carbocycles. The van der Waals surface area contributed by atoms with Crippen LogP contribution in [0.3, 0.4) is 0 Å². The summed E-state index contributed by atoms with van der Waals surface area (Å²) in [6.45, 7) is 2.02. The van der Waals surface area contributed by atoms with Gasteiger partial charge in [0.25, 0.3) is 0 Å². The molecule has 1 aromatic rings. The number of ether oxygens (including phenoxy) is 1. The molecule has 1 aromatic carbocycles. The van der Waals surface area contributed by atoms with Gasteiger partial charge < -0.3 is 9.84 Å². The van der Waals surface area contributed by atoms with E-state index in [9.17, 15) is 18.3 Å². The summed E-state index contributed by atoms with van der Waals surface area (Å²) in [4.78, 5) is 0. The maximum atomic E-state index is 12.6. The lowest BCUT2D eigenvalue weighted by atomic mass is 9.87. The van der Waals surface area contributed by atoms with Gasteiger partial charge in [0.1, 0.15) is 5.60 Å². The number of rotatable bonds is 1. The Kier molecular flexibility index (Phi) is 2.91. The first-order chi connectivity index (χ1) is 7.84. The summed E-state index contributed by atoms with van der Waals surface area (Å²) < 4.78 is 42.9. The topological polar surface area (TPSA) is 29.5 Å². The van der Waals surface area contributed by atoms with E-state index in [-0.39, 0.29) is 5.56 Å². The molecular formula is C12H13F3O2. The lowest BCUT2D eigenvalue weighted by molar-refractivity contribution is -0.137. The second kappa shape index (κ2) is 3.99. The van der Waals surface area contributed by atoms with Gasteiger partial charge in [0, 0.05) is 6.42 Å². The fourth-order valence-corrected chi connectivity index (χ4v) is 2.08. The summed E-state index contributed by atoms with van der Waals surface area (Å²) in [6, 6.07) is 4.79. The lowest BCUT2D eigenvalue weighted by Gasteiger charge is -2.27. The van der Waals surface area contributed by atoms with Crippen LogP contribution in [0.4, 0.5) is 13.2 Å². The molecule has 1 fully saturated rings. The highest BCUT2D eigenvalue weighted by Gasteiger charge is 2.42. The molecule has 2 unspecified atom stereocenters. The van der Waals surface area contributed by atoms with E-state index in [1.807, 2.05) is 0 Å². The second-order valence-corrected chi connectivity index (χ2v) is 4.27. The average Bonchev–Trinajstić information content (AvgIpc) is 2.60. The van der Waals surface area contributed by atoms with Crippen molar-refractivity contribution in [2.24, 2.45) is 0 Å². The molecule has 1 aliphatic rings. The van der Waals surface area contributed by atoms with Gasteiger partial charge in [-0.25, -0.2) is 0 Å². The van der Waals surface area contributed by atoms with Gasteiger partial charge in [0.2, 0.25) is 0 Å². The summed E-state index contributed by atoms with van der Waals surface area (Å²) in [5.41, 5.74) is -1.80. The van der Waals surface area contributed by atoms with Crippen molar-refractivity contribution in [2.45, 2.75) is 31.2 Å². The highest BCUT2D eigenvalue weighted by molar-refractivity contribution is 5.31. The van der Waals surface area contributed by atoms with Crippen LogP contribution in [0.15, 0.2) is 24.3 Å². The smallest absolute Gasteiger partial charge is 0.382 e. The molecule has 1 heterocycles. The number of alkyl halides is 3. The summed E-state index contributed by atoms with van der Waals surface area (Å²) in [7, 11) is 0. The van der Waals surface area contributed by atoms with Gasteiger partial charge in [0.15, 0.2) is 0 Å². The third kappa shape index (κ3) is 2.17. The summed E-state index contributed by atoms with van der Waals surface area (Å²) >= 11 is 0. The van der Waals surface area contributed by atoms with Gasteiger partial charge in [-0.05, 0) is 24.6 Å². The molecule has 2 atom stereocenters. The van der Waals surface area contributed by atoms with Crippen LogP contribution < -0.4 is 0 Å². The first-order valence-corrected chi connectivity index (χ1v) is 5.36. The number of hydrogen-bond acceptors (Lipinski definition) is 2. The van der Waals surface area contributed by atoms with Crippen molar-refractivity contribution >= 4 is 0 Å². The van der Waals surface area contributed by atoms with Crippen molar-refractivity contribution in [1.29, 1.82) is 0 Å². The molecule has 1 aliphatic heterocycles. The van der Waals surface area contributed by atoms with E-state index in [0.29, 0.717) is 13.0 Å². The van der Waals surface area contributed by atoms with Gasteiger partial charge in [-0.1, -0.05) is 12.1 Å². The van der Waals surface area contributed by atoms with Crippen LogP contribution in [0.1, 0.15) is 24.5 Å². The largest absolute Gasteiger partial charge is 0.416 e. The van der Waals surface area contributed by atoms with E-state index in [4.69, 9.17) is 4.74 Å². The molecule has 0 spiro atoms. The van der Waals surface area contributed by atoms with Gasteiger partial charge in [-0.2, -0.15) is 13.2 Å². The number of hydrogen-bond donors (Lipinski definition) is 1. The van der Waals surface area contributed by atoms with Crippen molar-refractivity contribution in [2.75, 3.05) is 6.61 Å². The van der Waals surface area contributed by atoms with Crippen LogP contribution in [0, 0.1) is 0 Å². The van der Waals surface area contributed by atoms with Crippen LogP contribution in [0.5, 0.6) is 0 Å². The highest BCUT2D eigenvalue weighted by atomic mass is 19.4. The number of halogens is 3. The van der Waals surface area contributed by atoms with Gasteiger partial charge in [-0.15, -0.1) is 0 Å². The molecule has 2 nitrogen and oxygen atoms in total. The van der Waals surface area contributed by atoms with E-state index >= 15 is 0 Å². The van der Waals surface area contributed by atoms with Crippen molar-refractivity contribution in [3.63, 3.8) is 0 Å². The first-order valence-electron chi connectivity index (χ1n) is 5.36. The molecule has 0 aliphatic carbocycles. The van der Waals surface area contributed by atoms with E-state index in [0.717, 1.165) is 12.1 Å². The number of benzene rings is 1. The zero-order valence-corrected chi connectivity index (χ0v) is 9.29. The van der Waals surface area contributed by atoms with Crippen molar-refractivity contribution in [3.8, 4) is 0 Å². The fraction of sp³-hybridized carbons (Fsp3) is 0.500. The summed E-state index contributed by atoms with van der Waals surface area (Å²) in [5, 5.41) is 10.3. The molecule has 0 aromatic heterocycles. The first kappa shape index (κ1) is 12.4. The van der Waals surface area contributed by atoms with E-state index < -0.39 is 23.4 Å². The Hall–Kier alpha value is -1.07. The maximum Gasteiger partial charge on any atom is 0.416 e. The molecule has 2 rings (SSSR count). The Morgan fingerprint density at radius 2 is 2.12 bits per heavy atom. The van der Waals surface area contributed by atoms with Crippen LogP contribution in [0.2, 0.25) is 0 Å². The SMILES string of the molecule is CC1OCCC1(O)c1cccc(C(F)(F)F)c1. The molecule has 1 saturated heterocycles. The monoisotopic (exact) mass is 246 g/mol. The standard InChI is InChI=1S/C12H13F3O2/c1-8-11(16,5-6-17-8)9-3-2-4-10(7-9)12(13,14)15/h2-4,7-8,16H,5-6H2,1H3. The Bertz CT molecular complexity index is 416. The zero-order chi connectivity index (χ0) is 12.7. The minimum absolute atomic E-state index is 0.261. The minimum atomic E-state index is -4.39. The fourth-order valence-electron chi connectivity index (χ4n) is 2.08. The third-order valence-electron chi connectivity index (χ3n) is 3.21. The lowest BCUT2D eigenvalue weighted by Crippen LogP contribution is -2.33. The molecule has 0 radical (unpaired) electrons. The maximum absolute atomic E-state index is 12.6. The van der Waals surface area contributed by atoms with E-state index in [1.165, 1.54) is 12.1 Å². The summed E-state index contributed by atoms with van der Waals surface area (Å²) in [5.74, 6) is 0. The van der Waals surface area contributed by atoms with Crippen LogP contribution in [0.25, 0.3) is 0 Å². The predicted octanol–water partition coefficient (Wildman–Crippen LogP) is 2.70. The van der Waals surface area contributed by atoms with Crippen molar-refractivity contribution in [3.05, 3.63) is 35.4 Å². The molecular weight excluding hydrogens is 233 g/mol. The Morgan fingerprint density at radius 1 is 1.41 bits per heavy atom. The average molecular weight is 246 g/mol.